The third kappa shape index (κ3) is 5.01. The number of thioether (sulfide) groups is 1. The summed E-state index contributed by atoms with van der Waals surface area (Å²) in [6, 6.07) is 8.96. The maximum absolute atomic E-state index is 12.0. The van der Waals surface area contributed by atoms with Gasteiger partial charge in [0.15, 0.2) is 0 Å². The van der Waals surface area contributed by atoms with Crippen LogP contribution in [0.1, 0.15) is 12.5 Å². The Kier molecular flexibility index (Phi) is 5.94. The molecule has 138 valence electrons. The number of carbonyl (C=O) groups is 1. The number of pyridine rings is 2. The van der Waals surface area contributed by atoms with E-state index in [9.17, 15) is 4.79 Å². The number of hydrogen-bond acceptors (Lipinski definition) is 9. The van der Waals surface area contributed by atoms with Gasteiger partial charge in [-0.15, -0.1) is 10.2 Å². The van der Waals surface area contributed by atoms with E-state index in [-0.39, 0.29) is 17.6 Å². The molecule has 0 saturated heterocycles. The van der Waals surface area contributed by atoms with Crippen LogP contribution in [0.15, 0.2) is 59.2 Å². The molecule has 0 bridgehead atoms. The lowest BCUT2D eigenvalue weighted by Crippen LogP contribution is -2.17. The predicted molar refractivity (Wildman–Crippen MR) is 104 cm³/mol. The molecule has 0 radical (unpaired) electrons. The number of aromatic nitrogens is 5. The fraction of sp³-hybridized carbons (Fsp3) is 0.125. The molecule has 0 saturated carbocycles. The van der Waals surface area contributed by atoms with Crippen LogP contribution in [-0.4, -0.2) is 42.2 Å². The number of nitrogens with two attached hydrogens (primary N) is 1. The largest absolute Gasteiger partial charge is 0.334 e. The summed E-state index contributed by atoms with van der Waals surface area (Å²) in [5.74, 6) is 6.60. The van der Waals surface area contributed by atoms with Gasteiger partial charge in [0.1, 0.15) is 5.82 Å². The van der Waals surface area contributed by atoms with Crippen LogP contribution in [0.5, 0.6) is 0 Å². The number of carbonyl (C=O) groups excluding carboxylic acids is 1. The number of hydrogen-bond donors (Lipinski definition) is 3. The lowest BCUT2D eigenvalue weighted by atomic mass is 10.2. The van der Waals surface area contributed by atoms with E-state index in [1.807, 2.05) is 19.1 Å². The van der Waals surface area contributed by atoms with Crippen molar-refractivity contribution < 1.29 is 4.79 Å². The molecule has 3 rings (SSSR count). The number of nitrogens with one attached hydrogen (secondary N) is 2. The molecule has 0 fully saturated rings. The highest BCUT2D eigenvalue weighted by Gasteiger charge is 2.12. The summed E-state index contributed by atoms with van der Waals surface area (Å²) in [4.78, 5) is 20.0. The first-order valence-corrected chi connectivity index (χ1v) is 8.87. The van der Waals surface area contributed by atoms with E-state index < -0.39 is 0 Å². The van der Waals surface area contributed by atoms with Crippen molar-refractivity contribution in [3.8, 4) is 0 Å². The summed E-state index contributed by atoms with van der Waals surface area (Å²) in [5.41, 5.74) is 4.43. The first kappa shape index (κ1) is 18.3. The number of nitrogens with zero attached hydrogens (tertiary/aromatic N) is 6. The summed E-state index contributed by atoms with van der Waals surface area (Å²) in [7, 11) is 0. The SMILES string of the molecule is C/C(=N\Nc1nnc(SCC(=O)Nc2ccccn2)n1N)c1ccncc1. The predicted octanol–water partition coefficient (Wildman–Crippen LogP) is 1.35. The fourth-order valence-corrected chi connectivity index (χ4v) is 2.65. The quantitative estimate of drug-likeness (QED) is 0.241. The van der Waals surface area contributed by atoms with E-state index in [1.165, 1.54) is 4.68 Å². The molecule has 0 aliphatic rings. The monoisotopic (exact) mass is 383 g/mol. The molecule has 3 heterocycles. The molecule has 3 aromatic heterocycles. The molecule has 1 amide bonds. The van der Waals surface area contributed by atoms with Gasteiger partial charge in [0.2, 0.25) is 11.1 Å². The smallest absolute Gasteiger partial charge is 0.264 e. The molecule has 0 aliphatic carbocycles. The van der Waals surface area contributed by atoms with Gasteiger partial charge in [-0.3, -0.25) is 9.78 Å². The molecule has 4 N–H and O–H groups in total. The Labute approximate surface area is 159 Å². The van der Waals surface area contributed by atoms with E-state index in [0.717, 1.165) is 23.0 Å². The van der Waals surface area contributed by atoms with Gasteiger partial charge < -0.3 is 11.2 Å². The Balaban J connectivity index is 1.56. The van der Waals surface area contributed by atoms with Crippen LogP contribution >= 0.6 is 11.8 Å². The van der Waals surface area contributed by atoms with Crippen molar-refractivity contribution >= 4 is 35.1 Å². The second kappa shape index (κ2) is 8.76. The van der Waals surface area contributed by atoms with E-state index in [4.69, 9.17) is 5.84 Å². The standard InChI is InChI=1S/C16H17N9OS/c1-11(12-5-8-18-9-6-12)21-22-15-23-24-16(25(15)17)27-10-14(26)20-13-4-2-3-7-19-13/h2-9H,10,17H2,1H3,(H,22,23)(H,19,20,26)/b21-11+. The highest BCUT2D eigenvalue weighted by Crippen LogP contribution is 2.17. The van der Waals surface area contributed by atoms with Crippen LogP contribution < -0.4 is 16.6 Å². The molecule has 10 nitrogen and oxygen atoms in total. The average molecular weight is 383 g/mol. The van der Waals surface area contributed by atoms with Gasteiger partial charge in [-0.05, 0) is 31.2 Å². The van der Waals surface area contributed by atoms with Crippen LogP contribution in [0.25, 0.3) is 0 Å². The molecule has 11 heteroatoms. The maximum Gasteiger partial charge on any atom is 0.264 e. The Morgan fingerprint density at radius 1 is 1.22 bits per heavy atom. The van der Waals surface area contributed by atoms with Crippen molar-refractivity contribution in [3.63, 3.8) is 0 Å². The van der Waals surface area contributed by atoms with Gasteiger partial charge in [0.25, 0.3) is 5.95 Å². The van der Waals surface area contributed by atoms with Crippen molar-refractivity contribution in [2.75, 3.05) is 22.3 Å². The van der Waals surface area contributed by atoms with Crippen molar-refractivity contribution in [2.45, 2.75) is 12.1 Å². The van der Waals surface area contributed by atoms with Gasteiger partial charge in [0, 0.05) is 24.2 Å². The van der Waals surface area contributed by atoms with Crippen molar-refractivity contribution in [2.24, 2.45) is 5.10 Å². The number of hydrazone groups is 1. The minimum Gasteiger partial charge on any atom is -0.334 e. The molecule has 0 atom stereocenters. The lowest BCUT2D eigenvalue weighted by molar-refractivity contribution is -0.113. The molecule has 0 unspecified atom stereocenters. The van der Waals surface area contributed by atoms with E-state index >= 15 is 0 Å². The van der Waals surface area contributed by atoms with E-state index in [1.54, 1.807) is 36.8 Å². The van der Waals surface area contributed by atoms with Gasteiger partial charge in [-0.2, -0.15) is 5.10 Å². The first-order valence-electron chi connectivity index (χ1n) is 7.88. The molecular weight excluding hydrogens is 366 g/mol. The molecule has 0 aromatic carbocycles. The summed E-state index contributed by atoms with van der Waals surface area (Å²) >= 11 is 1.15. The molecular formula is C16H17N9OS. The summed E-state index contributed by atoms with van der Waals surface area (Å²) in [6.45, 7) is 1.84. The second-order valence-corrected chi connectivity index (χ2v) is 6.22. The zero-order valence-corrected chi connectivity index (χ0v) is 15.2. The Morgan fingerprint density at radius 2 is 2.04 bits per heavy atom. The van der Waals surface area contributed by atoms with Crippen LogP contribution in [-0.2, 0) is 4.79 Å². The minimum absolute atomic E-state index is 0.116. The number of anilines is 2. The third-order valence-electron chi connectivity index (χ3n) is 3.35. The fourth-order valence-electron chi connectivity index (χ4n) is 1.99. The zero-order valence-electron chi connectivity index (χ0n) is 14.4. The zero-order chi connectivity index (χ0) is 19.1. The number of nitrogen functional groups attached to an aromatic ring is 1. The van der Waals surface area contributed by atoms with Gasteiger partial charge in [0.05, 0.1) is 11.5 Å². The highest BCUT2D eigenvalue weighted by atomic mass is 32.2. The van der Waals surface area contributed by atoms with E-state index in [0.29, 0.717) is 11.0 Å². The normalized spacial score (nSPS) is 11.2. The highest BCUT2D eigenvalue weighted by molar-refractivity contribution is 7.99. The molecule has 27 heavy (non-hydrogen) atoms. The maximum atomic E-state index is 12.0. The van der Waals surface area contributed by atoms with E-state index in [2.05, 4.69) is 36.0 Å². The third-order valence-corrected chi connectivity index (χ3v) is 4.29. The number of rotatable bonds is 7. The average Bonchev–Trinajstić information content (AvgIpc) is 3.05. The second-order valence-electron chi connectivity index (χ2n) is 5.27. The molecule has 3 aromatic rings. The van der Waals surface area contributed by atoms with Crippen LogP contribution in [0.2, 0.25) is 0 Å². The Bertz CT molecular complexity index is 928. The van der Waals surface area contributed by atoms with Gasteiger partial charge in [-0.1, -0.05) is 17.8 Å². The van der Waals surface area contributed by atoms with Crippen molar-refractivity contribution in [3.05, 3.63) is 54.5 Å². The summed E-state index contributed by atoms with van der Waals surface area (Å²) in [5, 5.41) is 15.2. The van der Waals surface area contributed by atoms with Crippen LogP contribution in [0, 0.1) is 0 Å². The van der Waals surface area contributed by atoms with Gasteiger partial charge >= 0.3 is 0 Å². The Morgan fingerprint density at radius 3 is 2.78 bits per heavy atom. The summed E-state index contributed by atoms with van der Waals surface area (Å²) in [6.07, 6.45) is 4.97. The number of amides is 1. The summed E-state index contributed by atoms with van der Waals surface area (Å²) < 4.78 is 1.24. The molecule has 0 spiro atoms. The van der Waals surface area contributed by atoms with Crippen molar-refractivity contribution in [1.82, 2.24) is 24.8 Å². The Hall–Kier alpha value is -3.47. The first-order chi connectivity index (χ1) is 13.1. The van der Waals surface area contributed by atoms with Crippen LogP contribution in [0.3, 0.4) is 0 Å². The topological polar surface area (TPSA) is 136 Å². The van der Waals surface area contributed by atoms with Gasteiger partial charge in [-0.25, -0.2) is 15.1 Å². The lowest BCUT2D eigenvalue weighted by Gasteiger charge is -2.05. The molecule has 0 aliphatic heterocycles. The van der Waals surface area contributed by atoms with Crippen molar-refractivity contribution in [1.29, 1.82) is 0 Å². The van der Waals surface area contributed by atoms with Crippen LogP contribution in [0.4, 0.5) is 11.8 Å². The minimum atomic E-state index is -0.220.